The van der Waals surface area contributed by atoms with Crippen LogP contribution < -0.4 is 14.9 Å². The number of aryl methyl sites for hydroxylation is 2. The molecule has 1 heterocycles. The second-order valence-electron chi connectivity index (χ2n) is 6.46. The first-order chi connectivity index (χ1) is 13.4. The maximum atomic E-state index is 12.5. The number of aromatic amines is 1. The Morgan fingerprint density at radius 1 is 0.857 bits per heavy atom. The monoisotopic (exact) mass is 395 g/mol. The van der Waals surface area contributed by atoms with E-state index in [-0.39, 0.29) is 10.5 Å². The molecule has 1 N–H and O–H groups in total. The molecule has 0 unspecified atom stereocenters. The predicted molar refractivity (Wildman–Crippen MR) is 115 cm³/mol. The lowest BCUT2D eigenvalue weighted by Gasteiger charge is -2.09. The van der Waals surface area contributed by atoms with Crippen molar-refractivity contribution >= 4 is 23.8 Å². The minimum atomic E-state index is -0.149. The largest absolute Gasteiger partial charge is 0.493 e. The molecule has 28 heavy (non-hydrogen) atoms. The van der Waals surface area contributed by atoms with Crippen LogP contribution in [0.15, 0.2) is 47.3 Å². The van der Waals surface area contributed by atoms with Gasteiger partial charge >= 0.3 is 0 Å². The minimum Gasteiger partial charge on any atom is -0.493 e. The highest BCUT2D eigenvalue weighted by Gasteiger charge is 2.12. The van der Waals surface area contributed by atoms with Crippen molar-refractivity contribution < 1.29 is 9.47 Å². The van der Waals surface area contributed by atoms with E-state index in [0.29, 0.717) is 22.8 Å². The van der Waals surface area contributed by atoms with E-state index in [2.05, 4.69) is 4.98 Å². The number of ether oxygens (including phenoxy) is 2. The molecule has 4 nitrogen and oxygen atoms in total. The predicted octanol–water partition coefficient (Wildman–Crippen LogP) is 5.50. The normalized spacial score (nSPS) is 11.0. The van der Waals surface area contributed by atoms with Gasteiger partial charge in [-0.1, -0.05) is 54.1 Å². The number of H-pyrrole nitrogens is 1. The van der Waals surface area contributed by atoms with Crippen LogP contribution in [0.2, 0.25) is 5.02 Å². The molecule has 3 rings (SSSR count). The van der Waals surface area contributed by atoms with Gasteiger partial charge in [0.15, 0.2) is 11.5 Å². The van der Waals surface area contributed by atoms with Crippen LogP contribution in [0.1, 0.15) is 22.5 Å². The molecule has 144 valence electrons. The topological polar surface area (TPSA) is 51.3 Å². The summed E-state index contributed by atoms with van der Waals surface area (Å²) < 4.78 is 10.6. The number of hydrogen-bond acceptors (Lipinski definition) is 3. The number of halogens is 1. The summed E-state index contributed by atoms with van der Waals surface area (Å²) in [5, 5.41) is 0.234. The third-order valence-corrected chi connectivity index (χ3v) is 5.04. The summed E-state index contributed by atoms with van der Waals surface area (Å²) in [5.41, 5.74) is 4.80. The van der Waals surface area contributed by atoms with E-state index in [4.69, 9.17) is 21.1 Å². The second-order valence-corrected chi connectivity index (χ2v) is 6.84. The third-order valence-electron chi connectivity index (χ3n) is 4.58. The fourth-order valence-corrected chi connectivity index (χ4v) is 3.25. The van der Waals surface area contributed by atoms with Crippen LogP contribution in [-0.4, -0.2) is 19.2 Å². The van der Waals surface area contributed by atoms with Crippen molar-refractivity contribution in [3.05, 3.63) is 80.2 Å². The molecule has 0 fully saturated rings. The second kappa shape index (κ2) is 8.36. The van der Waals surface area contributed by atoms with E-state index in [1.54, 1.807) is 21.1 Å². The first-order valence-corrected chi connectivity index (χ1v) is 9.22. The number of pyridine rings is 1. The van der Waals surface area contributed by atoms with Crippen LogP contribution in [0.25, 0.3) is 23.3 Å². The minimum absolute atomic E-state index is 0.149. The smallest absolute Gasteiger partial charge is 0.208 e. The van der Waals surface area contributed by atoms with Crippen molar-refractivity contribution in [1.82, 2.24) is 4.98 Å². The Balaban J connectivity index is 1.87. The van der Waals surface area contributed by atoms with E-state index >= 15 is 0 Å². The molecule has 5 heteroatoms. The lowest BCUT2D eigenvalue weighted by Crippen LogP contribution is -2.11. The number of methoxy groups -OCH3 is 2. The summed E-state index contributed by atoms with van der Waals surface area (Å²) in [5.74, 6) is 1.38. The van der Waals surface area contributed by atoms with Gasteiger partial charge in [-0.2, -0.15) is 0 Å². The zero-order valence-electron chi connectivity index (χ0n) is 16.3. The zero-order chi connectivity index (χ0) is 20.3. The number of hydrogen-bond donors (Lipinski definition) is 1. The van der Waals surface area contributed by atoms with Gasteiger partial charge in [-0.3, -0.25) is 4.79 Å². The van der Waals surface area contributed by atoms with E-state index < -0.39 is 0 Å². The molecule has 2 aromatic carbocycles. The first kappa shape index (κ1) is 19.8. The molecule has 0 aliphatic rings. The standard InChI is InChI=1S/C23H22ClNO3/c1-14-21(23(26)22(24)15(2)25-14)18-10-7-16(8-11-18)5-6-17-9-12-19(27-3)20(13-17)28-4/h5-13H,1-4H3,(H,25,26)/b6-5+. The molecule has 0 saturated carbocycles. The van der Waals surface area contributed by atoms with Gasteiger partial charge in [0.05, 0.1) is 14.2 Å². The fraction of sp³-hybridized carbons (Fsp3) is 0.174. The zero-order valence-corrected chi connectivity index (χ0v) is 17.1. The van der Waals surface area contributed by atoms with Crippen molar-refractivity contribution in [2.24, 2.45) is 0 Å². The molecule has 1 aromatic heterocycles. The average Bonchev–Trinajstić information content (AvgIpc) is 2.71. The summed E-state index contributed by atoms with van der Waals surface area (Å²) in [6, 6.07) is 13.6. The Bertz CT molecular complexity index is 1080. The third kappa shape index (κ3) is 3.97. The summed E-state index contributed by atoms with van der Waals surface area (Å²) in [6.45, 7) is 3.67. The number of benzene rings is 2. The van der Waals surface area contributed by atoms with Crippen molar-refractivity contribution in [1.29, 1.82) is 0 Å². The Morgan fingerprint density at radius 3 is 2.11 bits per heavy atom. The maximum Gasteiger partial charge on any atom is 0.208 e. The molecule has 0 saturated heterocycles. The Hall–Kier alpha value is -2.98. The summed E-state index contributed by atoms with van der Waals surface area (Å²) in [4.78, 5) is 15.7. The van der Waals surface area contributed by atoms with E-state index in [1.807, 2.05) is 61.5 Å². The summed E-state index contributed by atoms with van der Waals surface area (Å²) in [7, 11) is 3.23. The highest BCUT2D eigenvalue weighted by molar-refractivity contribution is 6.31. The first-order valence-electron chi connectivity index (χ1n) is 8.84. The number of nitrogens with one attached hydrogen (secondary N) is 1. The Morgan fingerprint density at radius 2 is 1.46 bits per heavy atom. The van der Waals surface area contributed by atoms with Gasteiger partial charge < -0.3 is 14.5 Å². The quantitative estimate of drug-likeness (QED) is 0.580. The highest BCUT2D eigenvalue weighted by atomic mass is 35.5. The van der Waals surface area contributed by atoms with Crippen molar-refractivity contribution in [2.75, 3.05) is 14.2 Å². The molecule has 0 aliphatic carbocycles. The van der Waals surface area contributed by atoms with Crippen LogP contribution in [0, 0.1) is 13.8 Å². The molecule has 0 aliphatic heterocycles. The van der Waals surface area contributed by atoms with E-state index in [1.165, 1.54) is 0 Å². The molecule has 0 radical (unpaired) electrons. The van der Waals surface area contributed by atoms with Crippen molar-refractivity contribution in [3.63, 3.8) is 0 Å². The van der Waals surface area contributed by atoms with Gasteiger partial charge in [-0.25, -0.2) is 0 Å². The van der Waals surface area contributed by atoms with Crippen LogP contribution >= 0.6 is 11.6 Å². The molecule has 0 bridgehead atoms. The van der Waals surface area contributed by atoms with E-state index in [9.17, 15) is 4.79 Å². The molecule has 0 atom stereocenters. The highest BCUT2D eigenvalue weighted by Crippen LogP contribution is 2.28. The van der Waals surface area contributed by atoms with Crippen LogP contribution in [-0.2, 0) is 0 Å². The van der Waals surface area contributed by atoms with Gasteiger partial charge in [0.25, 0.3) is 0 Å². The summed E-state index contributed by atoms with van der Waals surface area (Å²) in [6.07, 6.45) is 4.00. The van der Waals surface area contributed by atoms with Crippen LogP contribution in [0.3, 0.4) is 0 Å². The lowest BCUT2D eigenvalue weighted by molar-refractivity contribution is 0.355. The van der Waals surface area contributed by atoms with Crippen LogP contribution in [0.5, 0.6) is 11.5 Å². The van der Waals surface area contributed by atoms with Gasteiger partial charge in [-0.15, -0.1) is 0 Å². The molecular formula is C23H22ClNO3. The Kier molecular flexibility index (Phi) is 5.90. The molecule has 0 spiro atoms. The van der Waals surface area contributed by atoms with Gasteiger partial charge in [0, 0.05) is 17.0 Å². The van der Waals surface area contributed by atoms with Crippen molar-refractivity contribution in [3.8, 4) is 22.6 Å². The molecule has 0 amide bonds. The molecule has 3 aromatic rings. The van der Waals surface area contributed by atoms with E-state index in [0.717, 1.165) is 22.4 Å². The van der Waals surface area contributed by atoms with Gasteiger partial charge in [-0.05, 0) is 42.7 Å². The Labute approximate surface area is 169 Å². The summed E-state index contributed by atoms with van der Waals surface area (Å²) >= 11 is 6.13. The molecular weight excluding hydrogens is 374 g/mol. The maximum absolute atomic E-state index is 12.5. The number of aromatic nitrogens is 1. The van der Waals surface area contributed by atoms with Crippen LogP contribution in [0.4, 0.5) is 0 Å². The fourth-order valence-electron chi connectivity index (χ4n) is 3.11. The van der Waals surface area contributed by atoms with Gasteiger partial charge in [0.2, 0.25) is 5.43 Å². The lowest BCUT2D eigenvalue weighted by atomic mass is 10.0. The van der Waals surface area contributed by atoms with Gasteiger partial charge in [0.1, 0.15) is 5.02 Å². The van der Waals surface area contributed by atoms with Crippen molar-refractivity contribution in [2.45, 2.75) is 13.8 Å². The average molecular weight is 396 g/mol. The number of rotatable bonds is 5. The SMILES string of the molecule is COc1ccc(/C=C/c2ccc(-c3c(C)[nH]c(C)c(Cl)c3=O)cc2)cc1OC.